The molecule has 0 saturated carbocycles. The van der Waals surface area contributed by atoms with E-state index >= 15 is 0 Å². The van der Waals surface area contributed by atoms with Crippen molar-refractivity contribution in [2.45, 2.75) is 83.5 Å². The smallest absolute Gasteiger partial charge is 0.303 e. The van der Waals surface area contributed by atoms with E-state index < -0.39 is 5.97 Å². The van der Waals surface area contributed by atoms with Crippen LogP contribution in [0.3, 0.4) is 0 Å². The summed E-state index contributed by atoms with van der Waals surface area (Å²) in [5.41, 5.74) is 0.629. The first kappa shape index (κ1) is 21.1. The fourth-order valence-electron chi connectivity index (χ4n) is 2.93. The zero-order valence-corrected chi connectivity index (χ0v) is 15.1. The maximum atomic E-state index is 11.9. The Balaban J connectivity index is 1.89. The summed E-state index contributed by atoms with van der Waals surface area (Å²) in [6, 6.07) is 3.26. The number of carbonyl (C=O) groups is 2. The molecule has 0 bridgehead atoms. The van der Waals surface area contributed by atoms with Crippen LogP contribution in [-0.2, 0) is 16.0 Å². The van der Waals surface area contributed by atoms with Gasteiger partial charge in [0.05, 0.1) is 0 Å². The molecule has 0 aliphatic carbocycles. The van der Waals surface area contributed by atoms with E-state index in [0.717, 1.165) is 44.1 Å². The second-order valence-electron chi connectivity index (χ2n) is 6.71. The van der Waals surface area contributed by atoms with Gasteiger partial charge in [-0.1, -0.05) is 51.4 Å². The fraction of sp³-hybridized carbons (Fsp3) is 0.650. The second-order valence-corrected chi connectivity index (χ2v) is 6.71. The lowest BCUT2D eigenvalue weighted by Crippen LogP contribution is -2.08. The van der Waals surface area contributed by atoms with Gasteiger partial charge in [0.2, 0.25) is 5.56 Å². The number of aromatic amines is 1. The first-order chi connectivity index (χ1) is 12.1. The van der Waals surface area contributed by atoms with Gasteiger partial charge in [-0.3, -0.25) is 14.4 Å². The van der Waals surface area contributed by atoms with Crippen molar-refractivity contribution in [2.24, 2.45) is 0 Å². The number of aromatic nitrogens is 1. The Bertz CT molecular complexity index is 565. The van der Waals surface area contributed by atoms with Crippen LogP contribution in [0.2, 0.25) is 0 Å². The lowest BCUT2D eigenvalue weighted by atomic mass is 10.0. The highest BCUT2D eigenvalue weighted by molar-refractivity contribution is 5.80. The van der Waals surface area contributed by atoms with E-state index in [1.807, 2.05) is 0 Å². The number of hydrogen-bond acceptors (Lipinski definition) is 3. The maximum Gasteiger partial charge on any atom is 0.303 e. The first-order valence-corrected chi connectivity index (χ1v) is 9.49. The predicted molar refractivity (Wildman–Crippen MR) is 98.8 cm³/mol. The molecule has 0 atom stereocenters. The summed E-state index contributed by atoms with van der Waals surface area (Å²) in [7, 11) is 0. The van der Waals surface area contributed by atoms with Gasteiger partial charge in [0, 0.05) is 31.5 Å². The van der Waals surface area contributed by atoms with Gasteiger partial charge in [0.1, 0.15) is 5.78 Å². The zero-order chi connectivity index (χ0) is 18.3. The minimum Gasteiger partial charge on any atom is -0.481 e. The lowest BCUT2D eigenvalue weighted by molar-refractivity contribution is -0.137. The van der Waals surface area contributed by atoms with Gasteiger partial charge in [-0.05, 0) is 24.5 Å². The van der Waals surface area contributed by atoms with E-state index in [-0.39, 0.29) is 11.3 Å². The number of carboxylic acid groups (broad SMARTS) is 1. The number of rotatable bonds is 15. The Hall–Kier alpha value is -1.91. The van der Waals surface area contributed by atoms with Crippen molar-refractivity contribution in [1.29, 1.82) is 0 Å². The molecule has 0 spiro atoms. The number of nitrogens with one attached hydrogen (secondary N) is 1. The summed E-state index contributed by atoms with van der Waals surface area (Å²) in [6.07, 6.45) is 13.8. The van der Waals surface area contributed by atoms with Crippen molar-refractivity contribution < 1.29 is 14.7 Å². The molecular weight excluding hydrogens is 318 g/mol. The van der Waals surface area contributed by atoms with Gasteiger partial charge in [-0.25, -0.2) is 0 Å². The van der Waals surface area contributed by atoms with Crippen molar-refractivity contribution in [3.05, 3.63) is 34.2 Å². The quantitative estimate of drug-likeness (QED) is 0.463. The summed E-state index contributed by atoms with van der Waals surface area (Å²) < 4.78 is 0. The number of carbonyl (C=O) groups excluding carboxylic acids is 1. The highest BCUT2D eigenvalue weighted by Crippen LogP contribution is 2.12. The lowest BCUT2D eigenvalue weighted by Gasteiger charge is -2.03. The third-order valence-electron chi connectivity index (χ3n) is 4.34. The summed E-state index contributed by atoms with van der Waals surface area (Å²) in [6.45, 7) is 0. The molecule has 0 radical (unpaired) electrons. The molecule has 0 aliphatic heterocycles. The Morgan fingerprint density at radius 1 is 0.840 bits per heavy atom. The molecule has 5 nitrogen and oxygen atoms in total. The van der Waals surface area contributed by atoms with Crippen LogP contribution in [-0.4, -0.2) is 21.8 Å². The molecule has 0 aliphatic rings. The minimum absolute atomic E-state index is 0.160. The third-order valence-corrected chi connectivity index (χ3v) is 4.34. The Kier molecular flexibility index (Phi) is 11.3. The van der Waals surface area contributed by atoms with Crippen molar-refractivity contribution in [1.82, 2.24) is 4.98 Å². The van der Waals surface area contributed by atoms with Crippen LogP contribution >= 0.6 is 0 Å². The van der Waals surface area contributed by atoms with Crippen LogP contribution < -0.4 is 5.56 Å². The van der Waals surface area contributed by atoms with E-state index in [0.29, 0.717) is 19.3 Å². The number of aliphatic carboxylic acids is 1. The number of H-pyrrole nitrogens is 1. The van der Waals surface area contributed by atoms with Crippen molar-refractivity contribution >= 4 is 11.8 Å². The van der Waals surface area contributed by atoms with Gasteiger partial charge in [-0.15, -0.1) is 0 Å². The first-order valence-electron chi connectivity index (χ1n) is 9.49. The molecule has 1 aromatic heterocycles. The molecule has 0 amide bonds. The Morgan fingerprint density at radius 2 is 1.36 bits per heavy atom. The average molecular weight is 349 g/mol. The molecule has 1 rings (SSSR count). The molecule has 5 heteroatoms. The third kappa shape index (κ3) is 12.1. The van der Waals surface area contributed by atoms with Gasteiger partial charge in [0.15, 0.2) is 0 Å². The van der Waals surface area contributed by atoms with Gasteiger partial charge >= 0.3 is 5.97 Å². The number of ketones is 1. The molecular formula is C20H31NO4. The summed E-state index contributed by atoms with van der Waals surface area (Å²) in [4.78, 5) is 36.0. The van der Waals surface area contributed by atoms with E-state index in [4.69, 9.17) is 5.11 Å². The molecule has 1 aromatic rings. The van der Waals surface area contributed by atoms with Gasteiger partial charge in [-0.2, -0.15) is 0 Å². The van der Waals surface area contributed by atoms with Crippen molar-refractivity contribution in [3.63, 3.8) is 0 Å². The molecule has 0 fully saturated rings. The van der Waals surface area contributed by atoms with Crippen LogP contribution in [0, 0.1) is 0 Å². The van der Waals surface area contributed by atoms with Gasteiger partial charge in [0.25, 0.3) is 0 Å². The van der Waals surface area contributed by atoms with Crippen molar-refractivity contribution in [3.8, 4) is 0 Å². The highest BCUT2D eigenvalue weighted by Gasteiger charge is 2.04. The van der Waals surface area contributed by atoms with Crippen molar-refractivity contribution in [2.75, 3.05) is 0 Å². The van der Waals surface area contributed by atoms with Crippen LogP contribution in [0.15, 0.2) is 23.1 Å². The van der Waals surface area contributed by atoms with Crippen LogP contribution in [0.4, 0.5) is 0 Å². The molecule has 0 aromatic carbocycles. The molecule has 1 heterocycles. The standard InChI is InChI=1S/C20H31NO4/c22-18(15-17-13-14-21-19(23)16-17)11-9-7-5-3-1-2-4-6-8-10-12-20(24)25/h13-14,16H,1-12,15H2,(H,21,23)(H,24,25). The van der Waals surface area contributed by atoms with Crippen LogP contribution in [0.25, 0.3) is 0 Å². The Labute approximate surface area is 149 Å². The number of unbranched alkanes of at least 4 members (excludes halogenated alkanes) is 9. The van der Waals surface area contributed by atoms with E-state index in [1.54, 1.807) is 12.3 Å². The molecule has 25 heavy (non-hydrogen) atoms. The van der Waals surface area contributed by atoms with Gasteiger partial charge < -0.3 is 10.1 Å². The van der Waals surface area contributed by atoms with Crippen LogP contribution in [0.1, 0.15) is 82.6 Å². The SMILES string of the molecule is O=C(O)CCCCCCCCCCCCC(=O)Cc1cc[nH]c(=O)c1. The van der Waals surface area contributed by atoms with Crippen LogP contribution in [0.5, 0.6) is 0 Å². The van der Waals surface area contributed by atoms with E-state index in [1.165, 1.54) is 31.7 Å². The minimum atomic E-state index is -0.698. The normalized spacial score (nSPS) is 10.7. The maximum absolute atomic E-state index is 11.9. The topological polar surface area (TPSA) is 87.2 Å². The van der Waals surface area contributed by atoms with E-state index in [2.05, 4.69) is 4.98 Å². The summed E-state index contributed by atoms with van der Waals surface area (Å²) in [5.74, 6) is -0.497. The number of pyridine rings is 1. The van der Waals surface area contributed by atoms with E-state index in [9.17, 15) is 14.4 Å². The highest BCUT2D eigenvalue weighted by atomic mass is 16.4. The molecule has 140 valence electrons. The second kappa shape index (κ2) is 13.4. The largest absolute Gasteiger partial charge is 0.481 e. The zero-order valence-electron chi connectivity index (χ0n) is 15.1. The molecule has 2 N–H and O–H groups in total. The average Bonchev–Trinajstić information content (AvgIpc) is 2.55. The summed E-state index contributed by atoms with van der Waals surface area (Å²) in [5, 5.41) is 8.54. The summed E-state index contributed by atoms with van der Waals surface area (Å²) >= 11 is 0. The number of hydrogen-bond donors (Lipinski definition) is 2. The molecule has 0 saturated heterocycles. The molecule has 0 unspecified atom stereocenters. The predicted octanol–water partition coefficient (Wildman–Crippen LogP) is 4.25. The Morgan fingerprint density at radius 3 is 1.88 bits per heavy atom. The fourth-order valence-corrected chi connectivity index (χ4v) is 2.93. The number of Topliss-reactive ketones (excluding diaryl/α,β-unsaturated/α-hetero) is 1. The number of carboxylic acids is 1. The monoisotopic (exact) mass is 349 g/mol.